The number of hydrogen-bond donors (Lipinski definition) is 2. The Kier molecular flexibility index (Phi) is 4.25. The number of hydrogen-bond acceptors (Lipinski definition) is 3. The number of anilines is 1. The number of carbonyl (C=O) groups excluding carboxylic acids is 1. The molecule has 0 aliphatic heterocycles. The second kappa shape index (κ2) is 5.92. The minimum atomic E-state index is -0.442. The molecule has 2 N–H and O–H groups in total. The first-order chi connectivity index (χ1) is 9.52. The molecule has 0 heterocycles. The monoisotopic (exact) mass is 378 g/mol. The lowest BCUT2D eigenvalue weighted by Gasteiger charge is -2.10. The van der Waals surface area contributed by atoms with Gasteiger partial charge in [0.25, 0.3) is 5.91 Å². The van der Waals surface area contributed by atoms with Crippen LogP contribution in [-0.4, -0.2) is 11.0 Å². The molecule has 0 bridgehead atoms. The number of amides is 1. The molecule has 0 aromatic heterocycles. The summed E-state index contributed by atoms with van der Waals surface area (Å²) in [6, 6.07) is 12.1. The first-order valence-corrected chi connectivity index (χ1v) is 6.90. The van der Waals surface area contributed by atoms with Crippen molar-refractivity contribution in [2.24, 2.45) is 0 Å². The lowest BCUT2D eigenvalue weighted by Crippen LogP contribution is -2.13. The standard InChI is InChI=1S/C15H11IN2O2/c1-9-3-2-4-13(12(9)8-17)18-15(20)11-7-10(16)5-6-14(11)19/h2-7,19H,1H3,(H,18,20). The minimum absolute atomic E-state index is 0.0888. The molecule has 0 fully saturated rings. The van der Waals surface area contributed by atoms with E-state index in [1.54, 1.807) is 37.3 Å². The third kappa shape index (κ3) is 2.91. The van der Waals surface area contributed by atoms with Crippen LogP contribution in [0.4, 0.5) is 5.69 Å². The largest absolute Gasteiger partial charge is 0.507 e. The summed E-state index contributed by atoms with van der Waals surface area (Å²) in [7, 11) is 0. The number of phenols is 1. The van der Waals surface area contributed by atoms with Crippen molar-refractivity contribution in [3.8, 4) is 11.8 Å². The van der Waals surface area contributed by atoms with Crippen molar-refractivity contribution in [3.63, 3.8) is 0 Å². The maximum absolute atomic E-state index is 12.2. The van der Waals surface area contributed by atoms with Gasteiger partial charge in [0, 0.05) is 3.57 Å². The van der Waals surface area contributed by atoms with Gasteiger partial charge in [-0.3, -0.25) is 4.79 Å². The topological polar surface area (TPSA) is 73.1 Å². The zero-order valence-electron chi connectivity index (χ0n) is 10.6. The van der Waals surface area contributed by atoms with E-state index in [2.05, 4.69) is 34.0 Å². The van der Waals surface area contributed by atoms with Gasteiger partial charge in [0.15, 0.2) is 0 Å². The third-order valence-electron chi connectivity index (χ3n) is 2.84. The number of benzene rings is 2. The van der Waals surface area contributed by atoms with E-state index in [1.807, 2.05) is 0 Å². The lowest BCUT2D eigenvalue weighted by molar-refractivity contribution is 0.102. The zero-order valence-corrected chi connectivity index (χ0v) is 12.8. The van der Waals surface area contributed by atoms with Crippen LogP contribution in [0.5, 0.6) is 5.75 Å². The number of phenolic OH excluding ortho intramolecular Hbond substituents is 1. The van der Waals surface area contributed by atoms with Crippen LogP contribution >= 0.6 is 22.6 Å². The van der Waals surface area contributed by atoms with Gasteiger partial charge in [-0.2, -0.15) is 5.26 Å². The number of halogens is 1. The van der Waals surface area contributed by atoms with Gasteiger partial charge in [-0.05, 0) is 59.3 Å². The maximum Gasteiger partial charge on any atom is 0.259 e. The molecule has 0 aliphatic rings. The average molecular weight is 378 g/mol. The van der Waals surface area contributed by atoms with Gasteiger partial charge < -0.3 is 10.4 Å². The summed E-state index contributed by atoms with van der Waals surface area (Å²) >= 11 is 2.06. The van der Waals surface area contributed by atoms with Crippen LogP contribution in [0, 0.1) is 21.8 Å². The van der Waals surface area contributed by atoms with Gasteiger partial charge in [0.1, 0.15) is 11.8 Å². The molecule has 2 aromatic rings. The normalized spacial score (nSPS) is 9.85. The fourth-order valence-electron chi connectivity index (χ4n) is 1.80. The summed E-state index contributed by atoms with van der Waals surface area (Å²) < 4.78 is 0.843. The molecule has 5 heteroatoms. The lowest BCUT2D eigenvalue weighted by atomic mass is 10.1. The van der Waals surface area contributed by atoms with Gasteiger partial charge in [-0.1, -0.05) is 12.1 Å². The van der Waals surface area contributed by atoms with Crippen molar-refractivity contribution < 1.29 is 9.90 Å². The Morgan fingerprint density at radius 1 is 1.35 bits per heavy atom. The molecule has 0 saturated carbocycles. The number of carbonyl (C=O) groups is 1. The molecule has 0 unspecified atom stereocenters. The van der Waals surface area contributed by atoms with Gasteiger partial charge in [-0.25, -0.2) is 0 Å². The molecule has 1 amide bonds. The summed E-state index contributed by atoms with van der Waals surface area (Å²) in [6.45, 7) is 1.80. The van der Waals surface area contributed by atoms with Crippen molar-refractivity contribution >= 4 is 34.2 Å². The quantitative estimate of drug-likeness (QED) is 0.787. The van der Waals surface area contributed by atoms with Gasteiger partial charge in [0.2, 0.25) is 0 Å². The fraction of sp³-hybridized carbons (Fsp3) is 0.0667. The highest BCUT2D eigenvalue weighted by Gasteiger charge is 2.14. The molecule has 0 radical (unpaired) electrons. The number of nitrogens with zero attached hydrogens (tertiary/aromatic N) is 1. The SMILES string of the molecule is Cc1cccc(NC(=O)c2cc(I)ccc2O)c1C#N. The average Bonchev–Trinajstić information content (AvgIpc) is 2.41. The number of aromatic hydroxyl groups is 1. The van der Waals surface area contributed by atoms with E-state index in [4.69, 9.17) is 5.26 Å². The van der Waals surface area contributed by atoms with Crippen LogP contribution in [0.3, 0.4) is 0 Å². The van der Waals surface area contributed by atoms with Gasteiger partial charge >= 0.3 is 0 Å². The van der Waals surface area contributed by atoms with E-state index in [-0.39, 0.29) is 11.3 Å². The Balaban J connectivity index is 2.36. The van der Waals surface area contributed by atoms with E-state index >= 15 is 0 Å². The van der Waals surface area contributed by atoms with E-state index < -0.39 is 5.91 Å². The van der Waals surface area contributed by atoms with Crippen LogP contribution in [0.15, 0.2) is 36.4 Å². The molecule has 2 aromatic carbocycles. The highest BCUT2D eigenvalue weighted by Crippen LogP contribution is 2.23. The van der Waals surface area contributed by atoms with Crippen LogP contribution < -0.4 is 5.32 Å². The van der Waals surface area contributed by atoms with E-state index in [0.717, 1.165) is 9.13 Å². The molecule has 2 rings (SSSR count). The molecule has 0 saturated heterocycles. The number of nitrogens with one attached hydrogen (secondary N) is 1. The van der Waals surface area contributed by atoms with Crippen molar-refractivity contribution in [2.75, 3.05) is 5.32 Å². The fourth-order valence-corrected chi connectivity index (χ4v) is 2.29. The van der Waals surface area contributed by atoms with Gasteiger partial charge in [0.05, 0.1) is 16.8 Å². The molecular weight excluding hydrogens is 367 g/mol. The summed E-state index contributed by atoms with van der Waals surface area (Å²) in [5.74, 6) is -0.530. The first-order valence-electron chi connectivity index (χ1n) is 5.82. The Morgan fingerprint density at radius 3 is 2.80 bits per heavy atom. The second-order valence-electron chi connectivity index (χ2n) is 4.22. The highest BCUT2D eigenvalue weighted by molar-refractivity contribution is 14.1. The number of rotatable bonds is 2. The van der Waals surface area contributed by atoms with Crippen LogP contribution in [0.1, 0.15) is 21.5 Å². The predicted octanol–water partition coefficient (Wildman–Crippen LogP) is 3.43. The molecule has 20 heavy (non-hydrogen) atoms. The molecule has 100 valence electrons. The first kappa shape index (κ1) is 14.3. The molecule has 0 spiro atoms. The van der Waals surface area contributed by atoms with E-state index in [0.29, 0.717) is 11.3 Å². The van der Waals surface area contributed by atoms with Crippen molar-refractivity contribution in [1.29, 1.82) is 5.26 Å². The molecule has 4 nitrogen and oxygen atoms in total. The van der Waals surface area contributed by atoms with Crippen LogP contribution in [-0.2, 0) is 0 Å². The smallest absolute Gasteiger partial charge is 0.259 e. The highest BCUT2D eigenvalue weighted by atomic mass is 127. The predicted molar refractivity (Wildman–Crippen MR) is 84.7 cm³/mol. The number of aryl methyl sites for hydroxylation is 1. The second-order valence-corrected chi connectivity index (χ2v) is 5.47. The van der Waals surface area contributed by atoms with E-state index in [1.165, 1.54) is 6.07 Å². The Morgan fingerprint density at radius 2 is 2.10 bits per heavy atom. The molecular formula is C15H11IN2O2. The Bertz CT molecular complexity index is 720. The van der Waals surface area contributed by atoms with Crippen molar-refractivity contribution in [2.45, 2.75) is 6.92 Å². The summed E-state index contributed by atoms with van der Waals surface area (Å²) in [6.07, 6.45) is 0. The van der Waals surface area contributed by atoms with Crippen molar-refractivity contribution in [1.82, 2.24) is 0 Å². The van der Waals surface area contributed by atoms with Crippen LogP contribution in [0.25, 0.3) is 0 Å². The minimum Gasteiger partial charge on any atom is -0.507 e. The Labute approximate surface area is 130 Å². The van der Waals surface area contributed by atoms with E-state index in [9.17, 15) is 9.90 Å². The molecule has 0 aliphatic carbocycles. The Hall–Kier alpha value is -2.07. The third-order valence-corrected chi connectivity index (χ3v) is 3.51. The zero-order chi connectivity index (χ0) is 14.7. The summed E-state index contributed by atoms with van der Waals surface area (Å²) in [5.41, 5.74) is 1.83. The van der Waals surface area contributed by atoms with Crippen LogP contribution in [0.2, 0.25) is 0 Å². The van der Waals surface area contributed by atoms with Crippen molar-refractivity contribution in [3.05, 3.63) is 56.7 Å². The maximum atomic E-state index is 12.2. The number of nitriles is 1. The summed E-state index contributed by atoms with van der Waals surface area (Å²) in [5, 5.41) is 21.5. The summed E-state index contributed by atoms with van der Waals surface area (Å²) in [4.78, 5) is 12.2. The molecule has 0 atom stereocenters. The van der Waals surface area contributed by atoms with Gasteiger partial charge in [-0.15, -0.1) is 0 Å².